The van der Waals surface area contributed by atoms with Crippen molar-refractivity contribution in [3.63, 3.8) is 0 Å². The average molecular weight is 287 g/mol. The first kappa shape index (κ1) is 11.7. The minimum absolute atomic E-state index is 0.0719. The van der Waals surface area contributed by atoms with Gasteiger partial charge >= 0.3 is 0 Å². The van der Waals surface area contributed by atoms with Gasteiger partial charge in [0.1, 0.15) is 0 Å². The zero-order chi connectivity index (χ0) is 11.7. The van der Waals surface area contributed by atoms with Gasteiger partial charge in [-0.3, -0.25) is 4.79 Å². The predicted octanol–water partition coefficient (Wildman–Crippen LogP) is 1.82. The first-order valence-corrected chi connectivity index (χ1v) is 6.17. The zero-order valence-corrected chi connectivity index (χ0v) is 10.7. The molecule has 0 saturated heterocycles. The lowest BCUT2D eigenvalue weighted by Gasteiger charge is -2.10. The molecule has 1 fully saturated rings. The van der Waals surface area contributed by atoms with Crippen molar-refractivity contribution in [1.29, 1.82) is 0 Å². The summed E-state index contributed by atoms with van der Waals surface area (Å²) in [7, 11) is 0. The Morgan fingerprint density at radius 3 is 2.94 bits per heavy atom. The Kier molecular flexibility index (Phi) is 3.35. The van der Waals surface area contributed by atoms with Crippen molar-refractivity contribution in [3.8, 4) is 0 Å². The van der Waals surface area contributed by atoms with E-state index < -0.39 is 0 Å². The second kappa shape index (κ2) is 4.59. The maximum Gasteiger partial charge on any atom is 0.287 e. The van der Waals surface area contributed by atoms with E-state index in [0.717, 1.165) is 5.56 Å². The smallest absolute Gasteiger partial charge is 0.287 e. The van der Waals surface area contributed by atoms with Crippen molar-refractivity contribution in [3.05, 3.63) is 22.1 Å². The number of rotatable bonds is 4. The standard InChI is InChI=1S/C11H15BrN2O2/c1-6-4-9(12)16-10(6)11(15)14-5-8(13)7-2-3-7/h4,7-8H,2-3,5,13H2,1H3,(H,14,15). The van der Waals surface area contributed by atoms with E-state index >= 15 is 0 Å². The normalized spacial score (nSPS) is 17.2. The highest BCUT2D eigenvalue weighted by atomic mass is 79.9. The number of carbonyl (C=O) groups is 1. The second-order valence-corrected chi connectivity index (χ2v) is 5.06. The summed E-state index contributed by atoms with van der Waals surface area (Å²) in [5.41, 5.74) is 6.72. The molecule has 4 nitrogen and oxygen atoms in total. The van der Waals surface area contributed by atoms with Gasteiger partial charge < -0.3 is 15.5 Å². The monoisotopic (exact) mass is 286 g/mol. The molecule has 2 rings (SSSR count). The molecule has 0 aliphatic heterocycles. The molecule has 88 valence electrons. The summed E-state index contributed by atoms with van der Waals surface area (Å²) in [6.07, 6.45) is 2.37. The molecule has 0 bridgehead atoms. The molecular formula is C11H15BrN2O2. The number of hydrogen-bond donors (Lipinski definition) is 2. The molecule has 1 saturated carbocycles. The zero-order valence-electron chi connectivity index (χ0n) is 9.13. The van der Waals surface area contributed by atoms with Crippen molar-refractivity contribution in [2.24, 2.45) is 11.7 Å². The van der Waals surface area contributed by atoms with E-state index in [0.29, 0.717) is 22.9 Å². The van der Waals surface area contributed by atoms with Gasteiger partial charge in [-0.05, 0) is 47.7 Å². The fourth-order valence-corrected chi connectivity index (χ4v) is 2.16. The van der Waals surface area contributed by atoms with Crippen molar-refractivity contribution >= 4 is 21.8 Å². The van der Waals surface area contributed by atoms with Gasteiger partial charge in [-0.2, -0.15) is 0 Å². The largest absolute Gasteiger partial charge is 0.444 e. The van der Waals surface area contributed by atoms with E-state index in [2.05, 4.69) is 21.2 Å². The fraction of sp³-hybridized carbons (Fsp3) is 0.545. The summed E-state index contributed by atoms with van der Waals surface area (Å²) >= 11 is 3.19. The third-order valence-corrected chi connectivity index (χ3v) is 3.21. The van der Waals surface area contributed by atoms with Crippen LogP contribution < -0.4 is 11.1 Å². The third kappa shape index (κ3) is 2.65. The van der Waals surface area contributed by atoms with E-state index in [1.807, 2.05) is 6.92 Å². The van der Waals surface area contributed by atoms with Crippen LogP contribution in [-0.4, -0.2) is 18.5 Å². The van der Waals surface area contributed by atoms with Gasteiger partial charge in [0.2, 0.25) is 0 Å². The van der Waals surface area contributed by atoms with Crippen LogP contribution in [0, 0.1) is 12.8 Å². The van der Waals surface area contributed by atoms with Crippen LogP contribution in [-0.2, 0) is 0 Å². The van der Waals surface area contributed by atoms with Crippen LogP contribution >= 0.6 is 15.9 Å². The highest BCUT2D eigenvalue weighted by molar-refractivity contribution is 9.10. The summed E-state index contributed by atoms with van der Waals surface area (Å²) < 4.78 is 5.82. The molecule has 1 aromatic heterocycles. The van der Waals surface area contributed by atoms with Crippen LogP contribution in [0.5, 0.6) is 0 Å². The lowest BCUT2D eigenvalue weighted by Crippen LogP contribution is -2.38. The molecule has 1 heterocycles. The molecule has 1 aromatic rings. The van der Waals surface area contributed by atoms with E-state index in [1.165, 1.54) is 12.8 Å². The van der Waals surface area contributed by atoms with Crippen LogP contribution in [0.25, 0.3) is 0 Å². The molecule has 1 aliphatic rings. The number of hydrogen-bond acceptors (Lipinski definition) is 3. The van der Waals surface area contributed by atoms with E-state index in [1.54, 1.807) is 6.07 Å². The first-order chi connectivity index (χ1) is 7.58. The molecule has 1 amide bonds. The number of carbonyl (C=O) groups excluding carboxylic acids is 1. The molecule has 16 heavy (non-hydrogen) atoms. The Bertz CT molecular complexity index is 399. The maximum absolute atomic E-state index is 11.7. The van der Waals surface area contributed by atoms with Crippen molar-refractivity contribution in [2.45, 2.75) is 25.8 Å². The molecule has 1 atom stereocenters. The Morgan fingerprint density at radius 1 is 1.75 bits per heavy atom. The van der Waals surface area contributed by atoms with Gasteiger partial charge in [-0.25, -0.2) is 0 Å². The third-order valence-electron chi connectivity index (χ3n) is 2.82. The number of nitrogens with two attached hydrogens (primary N) is 1. The molecule has 0 radical (unpaired) electrons. The molecule has 1 aliphatic carbocycles. The molecule has 3 N–H and O–H groups in total. The Hall–Kier alpha value is -0.810. The fourth-order valence-electron chi connectivity index (χ4n) is 1.65. The van der Waals surface area contributed by atoms with Crippen LogP contribution in [0.2, 0.25) is 0 Å². The quantitative estimate of drug-likeness (QED) is 0.887. The lowest BCUT2D eigenvalue weighted by atomic mass is 10.2. The van der Waals surface area contributed by atoms with Gasteiger partial charge in [0.25, 0.3) is 5.91 Å². The minimum atomic E-state index is -0.195. The summed E-state index contributed by atoms with van der Waals surface area (Å²) in [5.74, 6) is 0.749. The minimum Gasteiger partial charge on any atom is -0.444 e. The molecule has 0 spiro atoms. The number of halogens is 1. The summed E-state index contributed by atoms with van der Waals surface area (Å²) in [5, 5.41) is 2.80. The van der Waals surface area contributed by atoms with Gasteiger partial charge in [0.05, 0.1) is 0 Å². The number of amides is 1. The van der Waals surface area contributed by atoms with Gasteiger partial charge in [0, 0.05) is 18.2 Å². The van der Waals surface area contributed by atoms with Gasteiger partial charge in [-0.1, -0.05) is 0 Å². The van der Waals surface area contributed by atoms with E-state index in [-0.39, 0.29) is 11.9 Å². The predicted molar refractivity (Wildman–Crippen MR) is 64.2 cm³/mol. The van der Waals surface area contributed by atoms with Crippen LogP contribution in [0.1, 0.15) is 29.0 Å². The van der Waals surface area contributed by atoms with Crippen molar-refractivity contribution in [1.82, 2.24) is 5.32 Å². The SMILES string of the molecule is Cc1cc(Br)oc1C(=O)NCC(N)C1CC1. The molecule has 5 heteroatoms. The Labute approximate surface area is 103 Å². The van der Waals surface area contributed by atoms with E-state index in [9.17, 15) is 4.79 Å². The topological polar surface area (TPSA) is 68.3 Å². The summed E-state index contributed by atoms with van der Waals surface area (Å²) in [6.45, 7) is 2.35. The summed E-state index contributed by atoms with van der Waals surface area (Å²) in [4.78, 5) is 11.7. The van der Waals surface area contributed by atoms with Crippen LogP contribution in [0.15, 0.2) is 15.2 Å². The summed E-state index contributed by atoms with van der Waals surface area (Å²) in [6, 6.07) is 1.85. The number of furan rings is 1. The maximum atomic E-state index is 11.7. The second-order valence-electron chi connectivity index (χ2n) is 4.27. The first-order valence-electron chi connectivity index (χ1n) is 5.37. The van der Waals surface area contributed by atoms with Crippen LogP contribution in [0.3, 0.4) is 0 Å². The van der Waals surface area contributed by atoms with Crippen molar-refractivity contribution < 1.29 is 9.21 Å². The van der Waals surface area contributed by atoms with E-state index in [4.69, 9.17) is 10.2 Å². The Morgan fingerprint density at radius 2 is 2.44 bits per heavy atom. The van der Waals surface area contributed by atoms with Crippen LogP contribution in [0.4, 0.5) is 0 Å². The highest BCUT2D eigenvalue weighted by Gasteiger charge is 2.28. The molecular weight excluding hydrogens is 272 g/mol. The van der Waals surface area contributed by atoms with Crippen molar-refractivity contribution in [2.75, 3.05) is 6.54 Å². The number of aryl methyl sites for hydroxylation is 1. The van der Waals surface area contributed by atoms with Gasteiger partial charge in [0.15, 0.2) is 10.4 Å². The highest BCUT2D eigenvalue weighted by Crippen LogP contribution is 2.31. The lowest BCUT2D eigenvalue weighted by molar-refractivity contribution is 0.0920. The van der Waals surface area contributed by atoms with Gasteiger partial charge in [-0.15, -0.1) is 0 Å². The molecule has 1 unspecified atom stereocenters. The molecule has 0 aromatic carbocycles. The average Bonchev–Trinajstić information content (AvgIpc) is 3.01. The number of nitrogens with one attached hydrogen (secondary N) is 1. The Balaban J connectivity index is 1.89.